The zero-order valence-electron chi connectivity index (χ0n) is 15.7. The Morgan fingerprint density at radius 3 is 1.77 bits per heavy atom. The Balaban J connectivity index is 1.97. The number of hydrogen-bond donors (Lipinski definition) is 0. The molecule has 0 aliphatic rings. The molecular weight excluding hydrogens is 388 g/mol. The number of halogens is 4. The lowest BCUT2D eigenvalue weighted by Crippen LogP contribution is -1.97. The smallest absolute Gasteiger partial charge is 0.207 e. The standard InChI is InChI=1S/C26H16F4/c27-19-12-10-18(11-13-19)22-15-14-20(28)16-24(22)25(26(29)30)23-9-5-4-8-21(23)17-6-2-1-3-7-17/h1-16H. The molecule has 0 atom stereocenters. The molecule has 0 radical (unpaired) electrons. The van der Waals surface area contributed by atoms with E-state index in [-0.39, 0.29) is 16.7 Å². The second kappa shape index (κ2) is 8.37. The topological polar surface area (TPSA) is 0 Å². The van der Waals surface area contributed by atoms with Crippen LogP contribution in [-0.2, 0) is 0 Å². The Morgan fingerprint density at radius 1 is 0.500 bits per heavy atom. The summed E-state index contributed by atoms with van der Waals surface area (Å²) in [6.07, 6.45) is -1.92. The lowest BCUT2D eigenvalue weighted by molar-refractivity contribution is 0.426. The lowest BCUT2D eigenvalue weighted by atomic mass is 9.87. The van der Waals surface area contributed by atoms with E-state index in [1.165, 1.54) is 36.4 Å². The molecule has 0 amide bonds. The van der Waals surface area contributed by atoms with E-state index in [4.69, 9.17) is 0 Å². The first kappa shape index (κ1) is 19.6. The molecule has 0 nitrogen and oxygen atoms in total. The van der Waals surface area contributed by atoms with E-state index in [1.807, 2.05) is 30.3 Å². The maximum absolute atomic E-state index is 14.4. The Kier molecular flexibility index (Phi) is 5.48. The first-order valence-corrected chi connectivity index (χ1v) is 9.30. The van der Waals surface area contributed by atoms with Crippen LogP contribution in [0.5, 0.6) is 0 Å². The molecule has 0 aromatic heterocycles. The molecule has 0 aliphatic carbocycles. The summed E-state index contributed by atoms with van der Waals surface area (Å²) < 4.78 is 56.2. The van der Waals surface area contributed by atoms with Gasteiger partial charge in [0.05, 0.1) is 5.57 Å². The van der Waals surface area contributed by atoms with Crippen molar-refractivity contribution in [2.24, 2.45) is 0 Å². The van der Waals surface area contributed by atoms with Crippen molar-refractivity contribution in [3.8, 4) is 22.3 Å². The number of benzene rings is 4. The predicted molar refractivity (Wildman–Crippen MR) is 112 cm³/mol. The summed E-state index contributed by atoms with van der Waals surface area (Å²) >= 11 is 0. The van der Waals surface area contributed by atoms with Crippen LogP contribution in [0.4, 0.5) is 17.6 Å². The summed E-state index contributed by atoms with van der Waals surface area (Å²) in [5.74, 6) is -1.07. The summed E-state index contributed by atoms with van der Waals surface area (Å²) in [7, 11) is 0. The van der Waals surface area contributed by atoms with Gasteiger partial charge < -0.3 is 0 Å². The Morgan fingerprint density at radius 2 is 1.07 bits per heavy atom. The molecule has 4 rings (SSSR count). The van der Waals surface area contributed by atoms with Crippen molar-refractivity contribution in [1.82, 2.24) is 0 Å². The molecule has 0 heterocycles. The van der Waals surface area contributed by atoms with Gasteiger partial charge in [0.15, 0.2) is 0 Å². The summed E-state index contributed by atoms with van der Waals surface area (Å²) in [4.78, 5) is 0. The molecule has 0 aliphatic heterocycles. The maximum Gasteiger partial charge on any atom is 0.278 e. The van der Waals surface area contributed by atoms with E-state index in [0.717, 1.165) is 11.6 Å². The second-order valence-corrected chi connectivity index (χ2v) is 6.74. The largest absolute Gasteiger partial charge is 0.278 e. The molecule has 30 heavy (non-hydrogen) atoms. The van der Waals surface area contributed by atoms with Crippen LogP contribution in [0.3, 0.4) is 0 Å². The molecule has 148 valence electrons. The van der Waals surface area contributed by atoms with Crippen LogP contribution in [0.15, 0.2) is 103 Å². The van der Waals surface area contributed by atoms with Crippen molar-refractivity contribution in [2.45, 2.75) is 0 Å². The van der Waals surface area contributed by atoms with Crippen LogP contribution in [0, 0.1) is 11.6 Å². The minimum atomic E-state index is -1.92. The highest BCUT2D eigenvalue weighted by molar-refractivity contribution is 5.94. The summed E-state index contributed by atoms with van der Waals surface area (Å²) in [5, 5.41) is 0. The van der Waals surface area contributed by atoms with Gasteiger partial charge in [0.1, 0.15) is 11.6 Å². The van der Waals surface area contributed by atoms with Gasteiger partial charge in [0.2, 0.25) is 0 Å². The number of hydrogen-bond acceptors (Lipinski definition) is 0. The van der Waals surface area contributed by atoms with Gasteiger partial charge in [0, 0.05) is 0 Å². The van der Waals surface area contributed by atoms with Crippen molar-refractivity contribution in [3.63, 3.8) is 0 Å². The average Bonchev–Trinajstić information content (AvgIpc) is 2.76. The fourth-order valence-electron chi connectivity index (χ4n) is 3.52. The monoisotopic (exact) mass is 404 g/mol. The molecule has 0 N–H and O–H groups in total. The molecule has 4 aromatic rings. The highest BCUT2D eigenvalue weighted by Crippen LogP contribution is 2.40. The van der Waals surface area contributed by atoms with Crippen LogP contribution in [-0.4, -0.2) is 0 Å². The van der Waals surface area contributed by atoms with Gasteiger partial charge in [-0.25, -0.2) is 8.78 Å². The second-order valence-electron chi connectivity index (χ2n) is 6.74. The van der Waals surface area contributed by atoms with E-state index in [0.29, 0.717) is 16.7 Å². The van der Waals surface area contributed by atoms with Crippen molar-refractivity contribution in [1.29, 1.82) is 0 Å². The van der Waals surface area contributed by atoms with Gasteiger partial charge in [-0.1, -0.05) is 72.8 Å². The summed E-state index contributed by atoms with van der Waals surface area (Å²) in [6.45, 7) is 0. The SMILES string of the molecule is FC(F)=C(c1ccccc1-c1ccccc1)c1cc(F)ccc1-c1ccc(F)cc1. The maximum atomic E-state index is 14.4. The predicted octanol–water partition coefficient (Wildman–Crippen LogP) is 7.95. The lowest BCUT2D eigenvalue weighted by Gasteiger charge is -2.17. The average molecular weight is 404 g/mol. The van der Waals surface area contributed by atoms with E-state index < -0.39 is 17.7 Å². The van der Waals surface area contributed by atoms with Crippen LogP contribution in [0.1, 0.15) is 11.1 Å². The van der Waals surface area contributed by atoms with Crippen LogP contribution in [0.2, 0.25) is 0 Å². The fraction of sp³-hybridized carbons (Fsp3) is 0. The van der Waals surface area contributed by atoms with Gasteiger partial charge >= 0.3 is 0 Å². The van der Waals surface area contributed by atoms with E-state index >= 15 is 0 Å². The molecule has 0 saturated carbocycles. The quantitative estimate of drug-likeness (QED) is 0.303. The molecule has 0 unspecified atom stereocenters. The zero-order valence-corrected chi connectivity index (χ0v) is 15.7. The highest BCUT2D eigenvalue weighted by Gasteiger charge is 2.21. The molecule has 4 aromatic carbocycles. The van der Waals surface area contributed by atoms with Gasteiger partial charge in [0.25, 0.3) is 6.08 Å². The Hall–Kier alpha value is -3.66. The van der Waals surface area contributed by atoms with Crippen LogP contribution in [0.25, 0.3) is 27.8 Å². The third-order valence-corrected chi connectivity index (χ3v) is 4.88. The Labute approximate surface area is 171 Å². The van der Waals surface area contributed by atoms with Gasteiger partial charge in [-0.05, 0) is 57.6 Å². The van der Waals surface area contributed by atoms with Crippen molar-refractivity contribution in [2.75, 3.05) is 0 Å². The third kappa shape index (κ3) is 3.90. The van der Waals surface area contributed by atoms with Crippen molar-refractivity contribution in [3.05, 3.63) is 126 Å². The van der Waals surface area contributed by atoms with Gasteiger partial charge in [-0.15, -0.1) is 0 Å². The van der Waals surface area contributed by atoms with Gasteiger partial charge in [-0.2, -0.15) is 8.78 Å². The molecule has 0 fully saturated rings. The van der Waals surface area contributed by atoms with E-state index in [9.17, 15) is 17.6 Å². The van der Waals surface area contributed by atoms with Crippen molar-refractivity contribution < 1.29 is 17.6 Å². The summed E-state index contributed by atoms with van der Waals surface area (Å²) in [6, 6.07) is 25.2. The molecule has 0 saturated heterocycles. The molecule has 0 bridgehead atoms. The minimum absolute atomic E-state index is 0.0463. The van der Waals surface area contributed by atoms with Crippen LogP contribution < -0.4 is 0 Å². The first-order chi connectivity index (χ1) is 14.5. The Bertz CT molecular complexity index is 1210. The van der Waals surface area contributed by atoms with Crippen molar-refractivity contribution >= 4 is 5.57 Å². The van der Waals surface area contributed by atoms with Crippen LogP contribution >= 0.6 is 0 Å². The number of rotatable bonds is 4. The third-order valence-electron chi connectivity index (χ3n) is 4.88. The normalized spacial score (nSPS) is 10.7. The van der Waals surface area contributed by atoms with E-state index in [2.05, 4.69) is 0 Å². The first-order valence-electron chi connectivity index (χ1n) is 9.30. The molecule has 4 heteroatoms. The molecule has 0 spiro atoms. The minimum Gasteiger partial charge on any atom is -0.207 e. The van der Waals surface area contributed by atoms with Gasteiger partial charge in [-0.3, -0.25) is 0 Å². The highest BCUT2D eigenvalue weighted by atomic mass is 19.3. The fourth-order valence-corrected chi connectivity index (χ4v) is 3.52. The van der Waals surface area contributed by atoms with E-state index in [1.54, 1.807) is 24.3 Å². The molecular formula is C26H16F4. The zero-order chi connectivity index (χ0) is 21.1. The summed E-state index contributed by atoms with van der Waals surface area (Å²) in [5.41, 5.74) is 2.27.